The van der Waals surface area contributed by atoms with Crippen LogP contribution >= 0.6 is 11.6 Å². The number of ether oxygens (including phenoxy) is 1. The average molecular weight is 394 g/mol. The van der Waals surface area contributed by atoms with Gasteiger partial charge in [-0.15, -0.1) is 0 Å². The van der Waals surface area contributed by atoms with Gasteiger partial charge in [-0.05, 0) is 30.7 Å². The number of aryl methyl sites for hydroxylation is 1. The lowest BCUT2D eigenvalue weighted by molar-refractivity contribution is -0.0848. The SMILES string of the molecule is Cc1ncnc2c1ccn2[C@@H]1O[C@H](C(O)c2ccc(F)c(Cl)c2)[C@@H](O)[C@H]1O. The molecule has 9 heteroatoms. The summed E-state index contributed by atoms with van der Waals surface area (Å²) < 4.78 is 20.7. The van der Waals surface area contributed by atoms with Gasteiger partial charge < -0.3 is 24.6 Å². The van der Waals surface area contributed by atoms with E-state index in [-0.39, 0.29) is 10.6 Å². The van der Waals surface area contributed by atoms with E-state index in [0.29, 0.717) is 5.65 Å². The van der Waals surface area contributed by atoms with Crippen molar-refractivity contribution in [2.75, 3.05) is 0 Å². The highest BCUT2D eigenvalue weighted by atomic mass is 35.5. The molecule has 0 saturated carbocycles. The van der Waals surface area contributed by atoms with Gasteiger partial charge in [0.05, 0.1) is 10.7 Å². The quantitative estimate of drug-likeness (QED) is 0.628. The van der Waals surface area contributed by atoms with Gasteiger partial charge in [-0.25, -0.2) is 14.4 Å². The number of aliphatic hydroxyl groups excluding tert-OH is 3. The zero-order chi connectivity index (χ0) is 19.3. The molecule has 1 aliphatic heterocycles. The van der Waals surface area contributed by atoms with Crippen LogP contribution < -0.4 is 0 Å². The number of rotatable bonds is 3. The largest absolute Gasteiger partial charge is 0.387 e. The van der Waals surface area contributed by atoms with E-state index in [1.165, 1.54) is 18.5 Å². The van der Waals surface area contributed by atoms with Gasteiger partial charge in [0, 0.05) is 11.6 Å². The molecule has 3 heterocycles. The van der Waals surface area contributed by atoms with Crippen LogP contribution in [-0.2, 0) is 4.74 Å². The van der Waals surface area contributed by atoms with E-state index >= 15 is 0 Å². The molecule has 142 valence electrons. The van der Waals surface area contributed by atoms with E-state index in [9.17, 15) is 19.7 Å². The summed E-state index contributed by atoms with van der Waals surface area (Å²) in [6, 6.07) is 5.52. The van der Waals surface area contributed by atoms with E-state index < -0.39 is 36.5 Å². The van der Waals surface area contributed by atoms with E-state index in [4.69, 9.17) is 16.3 Å². The molecule has 0 aliphatic carbocycles. The second kappa shape index (κ2) is 6.81. The van der Waals surface area contributed by atoms with Gasteiger partial charge >= 0.3 is 0 Å². The van der Waals surface area contributed by atoms with Crippen LogP contribution in [0.2, 0.25) is 5.02 Å². The third-order valence-electron chi connectivity index (χ3n) is 4.85. The van der Waals surface area contributed by atoms with E-state index in [2.05, 4.69) is 9.97 Å². The van der Waals surface area contributed by atoms with Crippen LogP contribution in [0.15, 0.2) is 36.8 Å². The maximum absolute atomic E-state index is 13.4. The monoisotopic (exact) mass is 393 g/mol. The Balaban J connectivity index is 1.66. The predicted molar refractivity (Wildman–Crippen MR) is 94.6 cm³/mol. The molecule has 0 radical (unpaired) electrons. The van der Waals surface area contributed by atoms with Crippen molar-refractivity contribution in [3.8, 4) is 0 Å². The zero-order valence-electron chi connectivity index (χ0n) is 14.2. The number of fused-ring (bicyclic) bond motifs is 1. The summed E-state index contributed by atoms with van der Waals surface area (Å²) in [6.07, 6.45) is -2.99. The molecule has 3 aromatic rings. The molecule has 1 fully saturated rings. The zero-order valence-corrected chi connectivity index (χ0v) is 15.0. The average Bonchev–Trinajstić information content (AvgIpc) is 3.20. The molecule has 1 unspecified atom stereocenters. The van der Waals surface area contributed by atoms with Crippen LogP contribution in [0.5, 0.6) is 0 Å². The summed E-state index contributed by atoms with van der Waals surface area (Å²) in [4.78, 5) is 8.33. The first-order chi connectivity index (χ1) is 12.9. The Morgan fingerprint density at radius 2 is 2.00 bits per heavy atom. The molecule has 0 spiro atoms. The van der Waals surface area contributed by atoms with Crippen molar-refractivity contribution in [2.24, 2.45) is 0 Å². The molecule has 7 nitrogen and oxygen atoms in total. The Hall–Kier alpha value is -2.10. The first-order valence-electron chi connectivity index (χ1n) is 8.31. The summed E-state index contributed by atoms with van der Waals surface area (Å²) in [5.74, 6) is -0.618. The van der Waals surface area contributed by atoms with Gasteiger partial charge in [-0.3, -0.25) is 0 Å². The van der Waals surface area contributed by atoms with Crippen LogP contribution in [0.25, 0.3) is 11.0 Å². The maximum Gasteiger partial charge on any atom is 0.164 e. The van der Waals surface area contributed by atoms with Gasteiger partial charge in [0.1, 0.15) is 42.2 Å². The van der Waals surface area contributed by atoms with Crippen LogP contribution in [0, 0.1) is 12.7 Å². The lowest BCUT2D eigenvalue weighted by atomic mass is 9.99. The van der Waals surface area contributed by atoms with Crippen molar-refractivity contribution >= 4 is 22.6 Å². The summed E-state index contributed by atoms with van der Waals surface area (Å²) in [5.41, 5.74) is 1.58. The Morgan fingerprint density at radius 3 is 2.74 bits per heavy atom. The lowest BCUT2D eigenvalue weighted by Gasteiger charge is -2.21. The predicted octanol–water partition coefficient (Wildman–Crippen LogP) is 1.89. The summed E-state index contributed by atoms with van der Waals surface area (Å²) in [5, 5.41) is 32.1. The molecule has 1 saturated heterocycles. The normalized spacial score (nSPS) is 26.6. The maximum atomic E-state index is 13.4. The smallest absolute Gasteiger partial charge is 0.164 e. The van der Waals surface area contributed by atoms with Gasteiger partial charge in [-0.1, -0.05) is 17.7 Å². The van der Waals surface area contributed by atoms with Gasteiger partial charge in [-0.2, -0.15) is 0 Å². The Bertz CT molecular complexity index is 998. The molecule has 27 heavy (non-hydrogen) atoms. The van der Waals surface area contributed by atoms with Crippen molar-refractivity contribution in [2.45, 2.75) is 37.6 Å². The number of nitrogens with zero attached hydrogens (tertiary/aromatic N) is 3. The number of halogens is 2. The number of benzene rings is 1. The highest BCUT2D eigenvalue weighted by Crippen LogP contribution is 2.38. The van der Waals surface area contributed by atoms with Gasteiger partial charge in [0.15, 0.2) is 6.23 Å². The van der Waals surface area contributed by atoms with Crippen molar-refractivity contribution < 1.29 is 24.4 Å². The first kappa shape index (κ1) is 18.3. The minimum atomic E-state index is -1.37. The van der Waals surface area contributed by atoms with Crippen LogP contribution in [0.3, 0.4) is 0 Å². The van der Waals surface area contributed by atoms with Crippen molar-refractivity contribution in [1.82, 2.24) is 14.5 Å². The highest BCUT2D eigenvalue weighted by Gasteiger charge is 2.47. The molecule has 5 atom stereocenters. The molecule has 3 N–H and O–H groups in total. The van der Waals surface area contributed by atoms with Crippen molar-refractivity contribution in [1.29, 1.82) is 0 Å². The van der Waals surface area contributed by atoms with Gasteiger partial charge in [0.25, 0.3) is 0 Å². The Morgan fingerprint density at radius 1 is 1.22 bits per heavy atom. The highest BCUT2D eigenvalue weighted by molar-refractivity contribution is 6.30. The Kier molecular flexibility index (Phi) is 4.61. The third kappa shape index (κ3) is 2.99. The minimum Gasteiger partial charge on any atom is -0.387 e. The van der Waals surface area contributed by atoms with E-state index in [0.717, 1.165) is 17.1 Å². The lowest BCUT2D eigenvalue weighted by Crippen LogP contribution is -2.34. The second-order valence-corrected chi connectivity index (χ2v) is 6.92. The molecule has 0 amide bonds. The fourth-order valence-corrected chi connectivity index (χ4v) is 3.55. The first-order valence-corrected chi connectivity index (χ1v) is 8.69. The van der Waals surface area contributed by atoms with Gasteiger partial charge in [0.2, 0.25) is 0 Å². The van der Waals surface area contributed by atoms with E-state index in [1.807, 2.05) is 6.92 Å². The van der Waals surface area contributed by atoms with E-state index in [1.54, 1.807) is 16.8 Å². The summed E-state index contributed by atoms with van der Waals surface area (Å²) in [6.45, 7) is 1.83. The number of aliphatic hydroxyl groups is 3. The number of aromatic nitrogens is 3. The fraction of sp³-hybridized carbons (Fsp3) is 0.333. The molecular formula is C18H17ClFN3O4. The topological polar surface area (TPSA) is 101 Å². The summed E-state index contributed by atoms with van der Waals surface area (Å²) >= 11 is 5.76. The van der Waals surface area contributed by atoms with Crippen LogP contribution in [0.4, 0.5) is 4.39 Å². The summed E-state index contributed by atoms with van der Waals surface area (Å²) in [7, 11) is 0. The third-order valence-corrected chi connectivity index (χ3v) is 5.14. The number of hydrogen-bond donors (Lipinski definition) is 3. The van der Waals surface area contributed by atoms with Crippen LogP contribution in [-0.4, -0.2) is 48.2 Å². The second-order valence-electron chi connectivity index (χ2n) is 6.51. The molecule has 1 aliphatic rings. The molecule has 4 rings (SSSR count). The van der Waals surface area contributed by atoms with Crippen LogP contribution in [0.1, 0.15) is 23.6 Å². The Labute approximate surface area is 158 Å². The minimum absolute atomic E-state index is 0.153. The fourth-order valence-electron chi connectivity index (χ4n) is 3.37. The molecular weight excluding hydrogens is 377 g/mol. The van der Waals surface area contributed by atoms with Crippen molar-refractivity contribution in [3.63, 3.8) is 0 Å². The number of hydrogen-bond acceptors (Lipinski definition) is 6. The molecule has 0 bridgehead atoms. The van der Waals surface area contributed by atoms with Crippen molar-refractivity contribution in [3.05, 3.63) is 58.9 Å². The molecule has 1 aromatic carbocycles. The standard InChI is InChI=1S/C18H17ClFN3O4/c1-8-10-4-5-23(17(10)22-7-21-8)18-15(26)14(25)16(27-18)13(24)9-2-3-12(20)11(19)6-9/h2-7,13-16,18,24-26H,1H3/t13?,14-,15+,16+,18+/m0/s1. The molecule has 2 aromatic heterocycles.